The lowest BCUT2D eigenvalue weighted by Crippen LogP contribution is -2.43. The zero-order valence-corrected chi connectivity index (χ0v) is 18.1. The summed E-state index contributed by atoms with van der Waals surface area (Å²) in [6, 6.07) is 0.164. The maximum atomic E-state index is 13.3. The molecule has 0 spiro atoms. The number of aromatic amines is 1. The second-order valence-electron chi connectivity index (χ2n) is 8.71. The molecular weight excluding hydrogens is 372 g/mol. The van der Waals surface area contributed by atoms with Crippen LogP contribution in [0.1, 0.15) is 93.8 Å². The van der Waals surface area contributed by atoms with Gasteiger partial charge in [0.2, 0.25) is 5.91 Å². The Hall–Kier alpha value is -2.43. The van der Waals surface area contributed by atoms with Gasteiger partial charge in [-0.2, -0.15) is 0 Å². The molecule has 0 saturated heterocycles. The molecule has 1 saturated carbocycles. The topological polar surface area (TPSA) is 61.4 Å². The van der Waals surface area contributed by atoms with Crippen LogP contribution in [0, 0.1) is 0 Å². The number of aromatic nitrogens is 2. The number of amides is 1. The maximum absolute atomic E-state index is 13.3. The third kappa shape index (κ3) is 4.21. The van der Waals surface area contributed by atoms with Crippen LogP contribution in [0.15, 0.2) is 42.0 Å². The highest BCUT2D eigenvalue weighted by molar-refractivity contribution is 6.13. The Kier molecular flexibility index (Phi) is 6.66. The Bertz CT molecular complexity index is 856. The molecule has 2 aliphatic heterocycles. The van der Waals surface area contributed by atoms with Crippen LogP contribution in [0.5, 0.6) is 0 Å². The summed E-state index contributed by atoms with van der Waals surface area (Å²) in [4.78, 5) is 28.7. The Morgan fingerprint density at radius 2 is 2.03 bits per heavy atom. The van der Waals surface area contributed by atoms with Crippen LogP contribution in [0.2, 0.25) is 0 Å². The van der Waals surface area contributed by atoms with Crippen LogP contribution in [-0.2, 0) is 4.79 Å². The third-order valence-corrected chi connectivity index (χ3v) is 6.53. The molecular formula is C25H34N4O. The molecule has 5 nitrogen and oxygen atoms in total. The lowest BCUT2D eigenvalue weighted by molar-refractivity contribution is -0.129. The van der Waals surface area contributed by atoms with Crippen molar-refractivity contribution in [3.05, 3.63) is 54.2 Å². The molecule has 1 N–H and O–H groups in total. The standard InChI is InChI=1S/C25H34N4O/c1-3-5-6-7-8-9-10-16-19-17-29-24(26-19)22-21(20(13-4-2)25(29)30)27-23(28-22)18-14-11-12-15-18/h3,5-6,8-9,18-20H,1,4,7,10-17H2,2H3,(H,27,28)/b6-5?,9-8-/t19-,20?/m1/s1. The first-order chi connectivity index (χ1) is 14.7. The Morgan fingerprint density at radius 1 is 1.20 bits per heavy atom. The molecule has 4 rings (SSSR count). The minimum Gasteiger partial charge on any atom is -0.344 e. The summed E-state index contributed by atoms with van der Waals surface area (Å²) < 4.78 is 0. The Labute approximate surface area is 180 Å². The summed E-state index contributed by atoms with van der Waals surface area (Å²) in [5.74, 6) is 2.51. The van der Waals surface area contributed by atoms with Gasteiger partial charge in [0.25, 0.3) is 0 Å². The molecule has 1 aliphatic carbocycles. The number of fused-ring (bicyclic) bond motifs is 3. The van der Waals surface area contributed by atoms with E-state index in [1.165, 1.54) is 25.7 Å². The van der Waals surface area contributed by atoms with Crippen molar-refractivity contribution < 1.29 is 4.79 Å². The second-order valence-corrected chi connectivity index (χ2v) is 8.71. The van der Waals surface area contributed by atoms with Crippen molar-refractivity contribution in [1.82, 2.24) is 14.9 Å². The van der Waals surface area contributed by atoms with Gasteiger partial charge in [0.15, 0.2) is 5.84 Å². The second kappa shape index (κ2) is 9.59. The number of hydrogen-bond donors (Lipinski definition) is 1. The molecule has 0 radical (unpaired) electrons. The zero-order chi connectivity index (χ0) is 20.9. The predicted molar refractivity (Wildman–Crippen MR) is 122 cm³/mol. The van der Waals surface area contributed by atoms with Crippen LogP contribution in [0.25, 0.3) is 0 Å². The minimum atomic E-state index is -0.0955. The SMILES string of the molecule is C=CC=CC/C=C\CC[C@@H]1CN2C(=O)C(CCC)c3[nH]c(C4CCCC4)nc3C2=N1. The van der Waals surface area contributed by atoms with E-state index in [4.69, 9.17) is 9.98 Å². The highest BCUT2D eigenvalue weighted by Gasteiger charge is 2.43. The van der Waals surface area contributed by atoms with E-state index in [9.17, 15) is 4.79 Å². The van der Waals surface area contributed by atoms with Gasteiger partial charge in [-0.05, 0) is 38.5 Å². The van der Waals surface area contributed by atoms with Gasteiger partial charge >= 0.3 is 0 Å². The van der Waals surface area contributed by atoms with E-state index in [-0.39, 0.29) is 17.9 Å². The molecule has 30 heavy (non-hydrogen) atoms. The van der Waals surface area contributed by atoms with Crippen molar-refractivity contribution in [3.63, 3.8) is 0 Å². The van der Waals surface area contributed by atoms with Gasteiger partial charge in [0.1, 0.15) is 11.5 Å². The van der Waals surface area contributed by atoms with Crippen LogP contribution < -0.4 is 0 Å². The quantitative estimate of drug-likeness (QED) is 0.441. The Morgan fingerprint density at radius 3 is 2.80 bits per heavy atom. The van der Waals surface area contributed by atoms with Gasteiger partial charge in [-0.15, -0.1) is 0 Å². The number of carbonyl (C=O) groups excluding carboxylic acids is 1. The summed E-state index contributed by atoms with van der Waals surface area (Å²) in [6.07, 6.45) is 19.9. The van der Waals surface area contributed by atoms with Crippen molar-refractivity contribution in [2.24, 2.45) is 4.99 Å². The number of carbonyl (C=O) groups is 1. The average molecular weight is 407 g/mol. The van der Waals surface area contributed by atoms with Gasteiger partial charge < -0.3 is 4.98 Å². The van der Waals surface area contributed by atoms with Crippen LogP contribution in [-0.4, -0.2) is 39.2 Å². The van der Waals surface area contributed by atoms with E-state index in [0.717, 1.165) is 55.2 Å². The zero-order valence-electron chi connectivity index (χ0n) is 18.1. The molecule has 1 amide bonds. The van der Waals surface area contributed by atoms with Gasteiger partial charge in [0.05, 0.1) is 17.7 Å². The summed E-state index contributed by atoms with van der Waals surface area (Å²) in [6.45, 7) is 6.53. The third-order valence-electron chi connectivity index (χ3n) is 6.53. The lowest BCUT2D eigenvalue weighted by atomic mass is 9.92. The number of allylic oxidation sites excluding steroid dienone is 5. The molecule has 2 atom stereocenters. The molecule has 160 valence electrons. The number of H-pyrrole nitrogens is 1. The fraction of sp³-hybridized carbons (Fsp3) is 0.560. The lowest BCUT2D eigenvalue weighted by Gasteiger charge is -2.29. The van der Waals surface area contributed by atoms with E-state index >= 15 is 0 Å². The number of imidazole rings is 1. The number of amidine groups is 1. The fourth-order valence-corrected chi connectivity index (χ4v) is 4.96. The number of nitrogens with zero attached hydrogens (tertiary/aromatic N) is 3. The van der Waals surface area contributed by atoms with Crippen LogP contribution >= 0.6 is 0 Å². The molecule has 0 aromatic carbocycles. The van der Waals surface area contributed by atoms with Gasteiger partial charge in [-0.25, -0.2) is 4.98 Å². The van der Waals surface area contributed by atoms with Gasteiger partial charge in [-0.3, -0.25) is 14.7 Å². The largest absolute Gasteiger partial charge is 0.344 e. The van der Waals surface area contributed by atoms with Crippen molar-refractivity contribution in [2.75, 3.05) is 6.54 Å². The fourth-order valence-electron chi connectivity index (χ4n) is 4.96. The van der Waals surface area contributed by atoms with E-state index in [2.05, 4.69) is 36.7 Å². The highest BCUT2D eigenvalue weighted by Crippen LogP contribution is 2.38. The minimum absolute atomic E-state index is 0.0955. The molecule has 1 aromatic heterocycles. The molecule has 1 aromatic rings. The van der Waals surface area contributed by atoms with E-state index < -0.39 is 0 Å². The van der Waals surface area contributed by atoms with Crippen LogP contribution in [0.3, 0.4) is 0 Å². The van der Waals surface area contributed by atoms with E-state index in [0.29, 0.717) is 12.5 Å². The van der Waals surface area contributed by atoms with Crippen molar-refractivity contribution in [3.8, 4) is 0 Å². The Balaban J connectivity index is 1.50. The number of aliphatic imine (C=N–C) groups is 1. The first-order valence-electron chi connectivity index (χ1n) is 11.6. The van der Waals surface area contributed by atoms with E-state index in [1.54, 1.807) is 6.08 Å². The van der Waals surface area contributed by atoms with Crippen molar-refractivity contribution >= 4 is 11.7 Å². The molecule has 1 fully saturated rings. The predicted octanol–water partition coefficient (Wildman–Crippen LogP) is 5.39. The molecule has 1 unspecified atom stereocenters. The van der Waals surface area contributed by atoms with Gasteiger partial charge in [-0.1, -0.05) is 63.1 Å². The summed E-state index contributed by atoms with van der Waals surface area (Å²) >= 11 is 0. The van der Waals surface area contributed by atoms with Crippen molar-refractivity contribution in [2.45, 2.75) is 82.6 Å². The average Bonchev–Trinajstić information content (AvgIpc) is 3.49. The van der Waals surface area contributed by atoms with E-state index in [1.807, 2.05) is 11.0 Å². The normalized spacial score (nSPS) is 24.1. The number of hydrogen-bond acceptors (Lipinski definition) is 3. The summed E-state index contributed by atoms with van der Waals surface area (Å²) in [7, 11) is 0. The number of rotatable bonds is 9. The number of nitrogens with one attached hydrogen (secondary N) is 1. The first-order valence-corrected chi connectivity index (χ1v) is 11.6. The molecule has 5 heteroatoms. The summed E-state index contributed by atoms with van der Waals surface area (Å²) in [5.41, 5.74) is 1.97. The molecule has 3 aliphatic rings. The highest BCUT2D eigenvalue weighted by atomic mass is 16.2. The molecule has 0 bridgehead atoms. The smallest absolute Gasteiger partial charge is 0.237 e. The maximum Gasteiger partial charge on any atom is 0.237 e. The van der Waals surface area contributed by atoms with Gasteiger partial charge in [0, 0.05) is 12.5 Å². The summed E-state index contributed by atoms with van der Waals surface area (Å²) in [5, 5.41) is 0. The van der Waals surface area contributed by atoms with Crippen molar-refractivity contribution in [1.29, 1.82) is 0 Å². The monoisotopic (exact) mass is 406 g/mol. The van der Waals surface area contributed by atoms with Crippen LogP contribution in [0.4, 0.5) is 0 Å². The first kappa shape index (κ1) is 20.8. The molecule has 3 heterocycles.